The third-order valence-electron chi connectivity index (χ3n) is 5.09. The molecule has 0 radical (unpaired) electrons. The van der Waals surface area contributed by atoms with Crippen molar-refractivity contribution in [3.63, 3.8) is 0 Å². The summed E-state index contributed by atoms with van der Waals surface area (Å²) in [4.78, 5) is 8.35. The number of aromatic nitrogens is 1. The molecule has 2 aromatic rings. The van der Waals surface area contributed by atoms with Gasteiger partial charge in [-0.05, 0) is 49.9 Å². The number of nitrogens with zero attached hydrogens (tertiary/aromatic N) is 2. The maximum absolute atomic E-state index is 6.32. The van der Waals surface area contributed by atoms with Gasteiger partial charge in [-0.15, -0.1) is 11.3 Å². The van der Waals surface area contributed by atoms with E-state index in [1.165, 1.54) is 10.4 Å². The summed E-state index contributed by atoms with van der Waals surface area (Å²) < 4.78 is 7.22. The van der Waals surface area contributed by atoms with Crippen molar-refractivity contribution in [3.05, 3.63) is 50.9 Å². The molecule has 4 heterocycles. The molecule has 0 N–H and O–H groups in total. The highest BCUT2D eigenvalue weighted by Crippen LogP contribution is 2.47. The fourth-order valence-electron chi connectivity index (χ4n) is 3.91. The molecule has 122 valence electrons. The molecular formula is C18H21ClN2OS. The van der Waals surface area contributed by atoms with Crippen molar-refractivity contribution in [2.45, 2.75) is 44.4 Å². The van der Waals surface area contributed by atoms with Crippen molar-refractivity contribution in [2.75, 3.05) is 13.2 Å². The van der Waals surface area contributed by atoms with E-state index in [1.54, 1.807) is 11.3 Å². The van der Waals surface area contributed by atoms with Gasteiger partial charge in [-0.1, -0.05) is 17.7 Å². The first-order valence-corrected chi connectivity index (χ1v) is 9.42. The lowest BCUT2D eigenvalue weighted by Gasteiger charge is -2.47. The van der Waals surface area contributed by atoms with Crippen LogP contribution in [-0.4, -0.2) is 29.1 Å². The minimum absolute atomic E-state index is 0.120. The zero-order valence-corrected chi connectivity index (χ0v) is 14.9. The Morgan fingerprint density at radius 1 is 1.48 bits per heavy atom. The van der Waals surface area contributed by atoms with E-state index in [1.807, 2.05) is 12.3 Å². The number of fused-ring (bicyclic) bond motifs is 2. The van der Waals surface area contributed by atoms with Crippen LogP contribution in [0.1, 0.15) is 35.9 Å². The van der Waals surface area contributed by atoms with Gasteiger partial charge in [0.1, 0.15) is 5.60 Å². The molecule has 5 heteroatoms. The first-order valence-electron chi connectivity index (χ1n) is 8.23. The summed E-state index contributed by atoms with van der Waals surface area (Å²) in [5.41, 5.74) is 2.42. The Kier molecular flexibility index (Phi) is 4.18. The lowest BCUT2D eigenvalue weighted by Crippen LogP contribution is -2.50. The quantitative estimate of drug-likeness (QED) is 0.811. The summed E-state index contributed by atoms with van der Waals surface area (Å²) in [5, 5.41) is 0. The first-order chi connectivity index (χ1) is 11.2. The summed E-state index contributed by atoms with van der Waals surface area (Å²) in [7, 11) is 0. The fraction of sp³-hybridized carbons (Fsp3) is 0.500. The fourth-order valence-corrected chi connectivity index (χ4v) is 5.39. The minimum Gasteiger partial charge on any atom is -0.369 e. The molecule has 0 saturated carbocycles. The third-order valence-corrected chi connectivity index (χ3v) is 6.58. The first kappa shape index (κ1) is 15.6. The second-order valence-corrected chi connectivity index (χ2v) is 8.28. The number of piperidine rings is 1. The highest BCUT2D eigenvalue weighted by Gasteiger charge is 2.44. The molecule has 2 aliphatic rings. The van der Waals surface area contributed by atoms with Crippen LogP contribution in [0.4, 0.5) is 0 Å². The van der Waals surface area contributed by atoms with Crippen LogP contribution >= 0.6 is 22.9 Å². The van der Waals surface area contributed by atoms with E-state index in [4.69, 9.17) is 16.3 Å². The van der Waals surface area contributed by atoms with Gasteiger partial charge in [0, 0.05) is 30.2 Å². The average molecular weight is 349 g/mol. The van der Waals surface area contributed by atoms with E-state index in [0.29, 0.717) is 6.04 Å². The van der Waals surface area contributed by atoms with Crippen LogP contribution in [0, 0.1) is 0 Å². The number of thiophene rings is 1. The van der Waals surface area contributed by atoms with Gasteiger partial charge < -0.3 is 4.74 Å². The van der Waals surface area contributed by atoms with Gasteiger partial charge in [-0.25, -0.2) is 0 Å². The summed E-state index contributed by atoms with van der Waals surface area (Å²) in [6.07, 6.45) is 4.93. The largest absolute Gasteiger partial charge is 0.369 e. The number of pyridine rings is 1. The zero-order valence-electron chi connectivity index (χ0n) is 13.3. The highest BCUT2D eigenvalue weighted by atomic mass is 35.5. The van der Waals surface area contributed by atoms with Crippen molar-refractivity contribution in [2.24, 2.45) is 0 Å². The van der Waals surface area contributed by atoms with Crippen LogP contribution in [-0.2, 0) is 23.3 Å². The Morgan fingerprint density at radius 3 is 3.17 bits per heavy atom. The number of likely N-dealkylation sites (tertiary alicyclic amines) is 1. The Morgan fingerprint density at radius 2 is 2.39 bits per heavy atom. The smallest absolute Gasteiger partial charge is 0.105 e. The van der Waals surface area contributed by atoms with Gasteiger partial charge in [0.25, 0.3) is 0 Å². The molecule has 1 fully saturated rings. The van der Waals surface area contributed by atoms with Crippen molar-refractivity contribution in [1.29, 1.82) is 0 Å². The third kappa shape index (κ3) is 2.93. The number of ether oxygens (including phenoxy) is 1. The number of halogens is 1. The molecule has 2 atom stereocenters. The molecule has 23 heavy (non-hydrogen) atoms. The molecule has 0 aliphatic carbocycles. The van der Waals surface area contributed by atoms with Crippen LogP contribution in [0.15, 0.2) is 30.5 Å². The normalized spacial score (nSPS) is 28.0. The molecule has 3 nitrogen and oxygen atoms in total. The summed E-state index contributed by atoms with van der Waals surface area (Å²) in [6.45, 7) is 5.06. The van der Waals surface area contributed by atoms with Crippen LogP contribution in [0.3, 0.4) is 0 Å². The van der Waals surface area contributed by atoms with E-state index in [0.717, 1.165) is 49.0 Å². The van der Waals surface area contributed by atoms with Crippen LogP contribution in [0.5, 0.6) is 0 Å². The lowest BCUT2D eigenvalue weighted by molar-refractivity contribution is -0.110. The van der Waals surface area contributed by atoms with Crippen molar-refractivity contribution in [3.8, 4) is 0 Å². The van der Waals surface area contributed by atoms with Crippen LogP contribution in [0.25, 0.3) is 0 Å². The summed E-state index contributed by atoms with van der Waals surface area (Å²) in [5.74, 6) is 0. The van der Waals surface area contributed by atoms with Crippen LogP contribution < -0.4 is 0 Å². The highest BCUT2D eigenvalue weighted by molar-refractivity contribution is 7.16. The van der Waals surface area contributed by atoms with Crippen LogP contribution in [0.2, 0.25) is 4.34 Å². The minimum atomic E-state index is -0.120. The van der Waals surface area contributed by atoms with Gasteiger partial charge in [-0.3, -0.25) is 9.88 Å². The van der Waals surface area contributed by atoms with E-state index in [9.17, 15) is 0 Å². The number of hydrogen-bond acceptors (Lipinski definition) is 4. The standard InChI is InChI=1S/C18H21ClN2OS/c1-13-11-18(17-14(5-9-22-18)10-16(19)23-17)6-8-21(13)12-15-4-2-3-7-20-15/h2-4,7,10,13H,5-6,8-9,11-12H2,1H3/t13-,18+/m0/s1. The average Bonchev–Trinajstić information content (AvgIpc) is 2.94. The Balaban J connectivity index is 1.53. The predicted octanol–water partition coefficient (Wildman–Crippen LogP) is 4.25. The van der Waals surface area contributed by atoms with Gasteiger partial charge in [0.15, 0.2) is 0 Å². The second-order valence-electron chi connectivity index (χ2n) is 6.59. The summed E-state index contributed by atoms with van der Waals surface area (Å²) >= 11 is 7.98. The number of hydrogen-bond donors (Lipinski definition) is 0. The topological polar surface area (TPSA) is 25.4 Å². The van der Waals surface area contributed by atoms with Gasteiger partial charge in [0.2, 0.25) is 0 Å². The second kappa shape index (κ2) is 6.17. The lowest BCUT2D eigenvalue weighted by atomic mass is 9.82. The van der Waals surface area contributed by atoms with E-state index in [2.05, 4.69) is 35.0 Å². The van der Waals surface area contributed by atoms with E-state index < -0.39 is 0 Å². The molecule has 0 unspecified atom stereocenters. The number of rotatable bonds is 2. The maximum Gasteiger partial charge on any atom is 0.105 e. The summed E-state index contributed by atoms with van der Waals surface area (Å²) in [6, 6.07) is 8.73. The molecule has 2 aliphatic heterocycles. The van der Waals surface area contributed by atoms with Crippen molar-refractivity contribution in [1.82, 2.24) is 9.88 Å². The molecular weight excluding hydrogens is 328 g/mol. The molecule has 0 aromatic carbocycles. The van der Waals surface area contributed by atoms with Crippen molar-refractivity contribution < 1.29 is 4.74 Å². The molecule has 2 aromatic heterocycles. The Hall–Kier alpha value is -0.940. The van der Waals surface area contributed by atoms with E-state index in [-0.39, 0.29) is 5.60 Å². The van der Waals surface area contributed by atoms with Gasteiger partial charge in [-0.2, -0.15) is 0 Å². The maximum atomic E-state index is 6.32. The van der Waals surface area contributed by atoms with E-state index >= 15 is 0 Å². The molecule has 1 spiro atoms. The van der Waals surface area contributed by atoms with Gasteiger partial charge in [0.05, 0.1) is 16.6 Å². The van der Waals surface area contributed by atoms with Crippen molar-refractivity contribution >= 4 is 22.9 Å². The zero-order chi connectivity index (χ0) is 15.9. The SMILES string of the molecule is C[C@H]1C[C@@]2(CCN1Cc1ccccn1)OCCc1cc(Cl)sc12. The molecule has 0 bridgehead atoms. The molecule has 4 rings (SSSR count). The molecule has 1 saturated heterocycles. The van der Waals surface area contributed by atoms with Gasteiger partial charge >= 0.3 is 0 Å². The molecule has 0 amide bonds. The monoisotopic (exact) mass is 348 g/mol. The predicted molar refractivity (Wildman–Crippen MR) is 94.0 cm³/mol. The Labute approximate surface area is 146 Å². The Bertz CT molecular complexity index is 690.